The molecule has 1 amide bonds. The number of carbonyl (C=O) groups excluding carboxylic acids is 1. The minimum atomic E-state index is -0.0756. The number of aliphatic hydroxyl groups excluding tert-OH is 1. The van der Waals surface area contributed by atoms with Crippen molar-refractivity contribution in [2.75, 3.05) is 6.61 Å². The first-order valence-electron chi connectivity index (χ1n) is 7.32. The van der Waals surface area contributed by atoms with Crippen molar-refractivity contribution in [3.63, 3.8) is 0 Å². The highest BCUT2D eigenvalue weighted by atomic mass is 35.5. The molecule has 1 aliphatic carbocycles. The standard InChI is InChI=1S/C17H20ClNO2/c1-2-17(9-5-10-17)19-16(21)14-8-7-13(15(18)12-14)6-3-4-11-20/h7-8,12,20H,2,4-5,9-11H2,1H3,(H,19,21). The Morgan fingerprint density at radius 3 is 2.76 bits per heavy atom. The lowest BCUT2D eigenvalue weighted by atomic mass is 9.74. The fourth-order valence-corrected chi connectivity index (χ4v) is 2.68. The minimum absolute atomic E-state index is 0.0246. The number of hydrogen-bond acceptors (Lipinski definition) is 2. The van der Waals surface area contributed by atoms with E-state index < -0.39 is 0 Å². The third kappa shape index (κ3) is 3.78. The summed E-state index contributed by atoms with van der Waals surface area (Å²) in [5.41, 5.74) is 1.21. The zero-order valence-electron chi connectivity index (χ0n) is 12.2. The van der Waals surface area contributed by atoms with Crippen molar-refractivity contribution in [1.29, 1.82) is 0 Å². The van der Waals surface area contributed by atoms with Gasteiger partial charge in [-0.15, -0.1) is 0 Å². The molecule has 1 aliphatic rings. The highest BCUT2D eigenvalue weighted by molar-refractivity contribution is 6.32. The SMILES string of the molecule is CCC1(NC(=O)c2ccc(C#CCCO)c(Cl)c2)CCC1. The van der Waals surface area contributed by atoms with Crippen LogP contribution in [0.25, 0.3) is 0 Å². The summed E-state index contributed by atoms with van der Waals surface area (Å²) < 4.78 is 0. The van der Waals surface area contributed by atoms with Gasteiger partial charge in [0, 0.05) is 23.1 Å². The molecule has 0 aliphatic heterocycles. The maximum absolute atomic E-state index is 12.3. The summed E-state index contributed by atoms with van der Waals surface area (Å²) in [6.45, 7) is 2.14. The Bertz CT molecular complexity index is 577. The molecule has 0 heterocycles. The number of amides is 1. The van der Waals surface area contributed by atoms with Crippen molar-refractivity contribution in [2.24, 2.45) is 0 Å². The van der Waals surface area contributed by atoms with Crippen molar-refractivity contribution in [3.8, 4) is 11.8 Å². The van der Waals surface area contributed by atoms with Gasteiger partial charge < -0.3 is 10.4 Å². The van der Waals surface area contributed by atoms with Crippen LogP contribution in [0.1, 0.15) is 54.9 Å². The Kier molecular flexibility index (Phi) is 5.27. The van der Waals surface area contributed by atoms with Crippen molar-refractivity contribution in [1.82, 2.24) is 5.32 Å². The zero-order chi connectivity index (χ0) is 15.3. The van der Waals surface area contributed by atoms with Crippen LogP contribution >= 0.6 is 11.6 Å². The summed E-state index contributed by atoms with van der Waals surface area (Å²) in [4.78, 5) is 12.3. The number of benzene rings is 1. The molecule has 112 valence electrons. The molecule has 21 heavy (non-hydrogen) atoms. The van der Waals surface area contributed by atoms with Crippen molar-refractivity contribution in [2.45, 2.75) is 44.6 Å². The predicted molar refractivity (Wildman–Crippen MR) is 84.4 cm³/mol. The summed E-state index contributed by atoms with van der Waals surface area (Å²) in [5.74, 6) is 5.63. The Labute approximate surface area is 130 Å². The first kappa shape index (κ1) is 15.9. The maximum Gasteiger partial charge on any atom is 0.251 e. The number of halogens is 1. The van der Waals surface area contributed by atoms with E-state index in [1.165, 1.54) is 6.42 Å². The molecule has 1 aromatic rings. The molecule has 0 radical (unpaired) electrons. The third-order valence-corrected chi connectivity index (χ3v) is 4.37. The summed E-state index contributed by atoms with van der Waals surface area (Å²) in [5, 5.41) is 12.3. The van der Waals surface area contributed by atoms with Gasteiger partial charge in [0.2, 0.25) is 0 Å². The van der Waals surface area contributed by atoms with Gasteiger partial charge in [-0.05, 0) is 43.9 Å². The zero-order valence-corrected chi connectivity index (χ0v) is 13.0. The van der Waals surface area contributed by atoms with Crippen LogP contribution in [0.3, 0.4) is 0 Å². The topological polar surface area (TPSA) is 49.3 Å². The fourth-order valence-electron chi connectivity index (χ4n) is 2.45. The Morgan fingerprint density at radius 1 is 1.48 bits per heavy atom. The summed E-state index contributed by atoms with van der Waals surface area (Å²) >= 11 is 6.16. The Balaban J connectivity index is 2.09. The molecule has 3 nitrogen and oxygen atoms in total. The lowest BCUT2D eigenvalue weighted by molar-refractivity contribution is 0.0820. The summed E-state index contributed by atoms with van der Waals surface area (Å²) in [6.07, 6.45) is 4.64. The van der Waals surface area contributed by atoms with E-state index in [4.69, 9.17) is 16.7 Å². The molecular weight excluding hydrogens is 286 g/mol. The van der Waals surface area contributed by atoms with Crippen LogP contribution in [-0.2, 0) is 0 Å². The van der Waals surface area contributed by atoms with Gasteiger partial charge in [-0.25, -0.2) is 0 Å². The lowest BCUT2D eigenvalue weighted by Crippen LogP contribution is -2.52. The largest absolute Gasteiger partial charge is 0.395 e. The number of rotatable bonds is 4. The van der Waals surface area contributed by atoms with E-state index in [2.05, 4.69) is 24.1 Å². The number of carbonyl (C=O) groups is 1. The molecule has 2 rings (SSSR count). The van der Waals surface area contributed by atoms with Crippen LogP contribution in [0.4, 0.5) is 0 Å². The fraction of sp³-hybridized carbons (Fsp3) is 0.471. The van der Waals surface area contributed by atoms with E-state index in [-0.39, 0.29) is 18.1 Å². The summed E-state index contributed by atoms with van der Waals surface area (Å²) in [6, 6.07) is 5.15. The van der Waals surface area contributed by atoms with Gasteiger partial charge in [-0.1, -0.05) is 30.4 Å². The van der Waals surface area contributed by atoms with Gasteiger partial charge in [0.1, 0.15) is 0 Å². The molecule has 0 saturated heterocycles. The molecule has 4 heteroatoms. The number of hydrogen-bond donors (Lipinski definition) is 2. The molecule has 0 bridgehead atoms. The molecule has 0 aromatic heterocycles. The molecule has 0 unspecified atom stereocenters. The van der Waals surface area contributed by atoms with Crippen LogP contribution in [0.5, 0.6) is 0 Å². The van der Waals surface area contributed by atoms with Gasteiger partial charge in [0.25, 0.3) is 5.91 Å². The van der Waals surface area contributed by atoms with Crippen molar-refractivity contribution >= 4 is 17.5 Å². The third-order valence-electron chi connectivity index (χ3n) is 4.06. The van der Waals surface area contributed by atoms with E-state index in [0.717, 1.165) is 19.3 Å². The first-order chi connectivity index (χ1) is 10.1. The maximum atomic E-state index is 12.3. The second kappa shape index (κ2) is 6.98. The van der Waals surface area contributed by atoms with Gasteiger partial charge in [0.15, 0.2) is 0 Å². The molecule has 1 saturated carbocycles. The Morgan fingerprint density at radius 2 is 2.24 bits per heavy atom. The van der Waals surface area contributed by atoms with Crippen LogP contribution in [0, 0.1) is 11.8 Å². The van der Waals surface area contributed by atoms with Crippen LogP contribution in [0.2, 0.25) is 5.02 Å². The minimum Gasteiger partial charge on any atom is -0.395 e. The van der Waals surface area contributed by atoms with Crippen molar-refractivity contribution in [3.05, 3.63) is 34.3 Å². The normalized spacial score (nSPS) is 15.6. The molecule has 2 N–H and O–H groups in total. The van der Waals surface area contributed by atoms with E-state index in [0.29, 0.717) is 22.6 Å². The summed E-state index contributed by atoms with van der Waals surface area (Å²) in [7, 11) is 0. The van der Waals surface area contributed by atoms with E-state index in [1.54, 1.807) is 18.2 Å². The highest BCUT2D eigenvalue weighted by Gasteiger charge is 2.36. The smallest absolute Gasteiger partial charge is 0.251 e. The number of nitrogens with one attached hydrogen (secondary N) is 1. The van der Waals surface area contributed by atoms with Crippen LogP contribution in [0.15, 0.2) is 18.2 Å². The number of aliphatic hydroxyl groups is 1. The second-order valence-corrected chi connectivity index (χ2v) is 5.82. The van der Waals surface area contributed by atoms with E-state index in [1.807, 2.05) is 0 Å². The van der Waals surface area contributed by atoms with Crippen LogP contribution in [-0.4, -0.2) is 23.2 Å². The average molecular weight is 306 g/mol. The van der Waals surface area contributed by atoms with Gasteiger partial charge in [-0.3, -0.25) is 4.79 Å². The van der Waals surface area contributed by atoms with Crippen molar-refractivity contribution < 1.29 is 9.90 Å². The molecule has 1 fully saturated rings. The lowest BCUT2D eigenvalue weighted by Gasteiger charge is -2.42. The Hall–Kier alpha value is -1.50. The monoisotopic (exact) mass is 305 g/mol. The second-order valence-electron chi connectivity index (χ2n) is 5.41. The van der Waals surface area contributed by atoms with Gasteiger partial charge in [-0.2, -0.15) is 0 Å². The van der Waals surface area contributed by atoms with E-state index in [9.17, 15) is 4.79 Å². The highest BCUT2D eigenvalue weighted by Crippen LogP contribution is 2.34. The molecule has 0 spiro atoms. The van der Waals surface area contributed by atoms with Gasteiger partial charge >= 0.3 is 0 Å². The van der Waals surface area contributed by atoms with Gasteiger partial charge in [0.05, 0.1) is 11.6 Å². The van der Waals surface area contributed by atoms with Crippen LogP contribution < -0.4 is 5.32 Å². The predicted octanol–water partition coefficient (Wildman–Crippen LogP) is 3.14. The first-order valence-corrected chi connectivity index (χ1v) is 7.70. The molecular formula is C17H20ClNO2. The van der Waals surface area contributed by atoms with E-state index >= 15 is 0 Å². The molecule has 1 aromatic carbocycles. The molecule has 0 atom stereocenters. The quantitative estimate of drug-likeness (QED) is 0.840. The average Bonchev–Trinajstić information content (AvgIpc) is 2.44.